The number of hydrogen-bond donors (Lipinski definition) is 2. The number of alkyl carbamates (subject to hydrolysis) is 1. The predicted octanol–water partition coefficient (Wildman–Crippen LogP) is 4.26. The highest BCUT2D eigenvalue weighted by Gasteiger charge is 2.08. The molecule has 0 heterocycles. The van der Waals surface area contributed by atoms with E-state index in [4.69, 9.17) is 4.74 Å². The highest BCUT2D eigenvalue weighted by Crippen LogP contribution is 2.02. The lowest BCUT2D eigenvalue weighted by Crippen LogP contribution is -2.41. The Balaban J connectivity index is 1.60. The third-order valence-electron chi connectivity index (χ3n) is 4.00. The van der Waals surface area contributed by atoms with Crippen molar-refractivity contribution in [3.8, 4) is 0 Å². The number of guanidine groups is 1. The van der Waals surface area contributed by atoms with E-state index in [0.29, 0.717) is 19.0 Å². The summed E-state index contributed by atoms with van der Waals surface area (Å²) in [6.07, 6.45) is -0.545. The molecule has 0 radical (unpaired) electrons. The first-order valence-corrected chi connectivity index (χ1v) is 9.13. The van der Waals surface area contributed by atoms with Gasteiger partial charge in [-0.3, -0.25) is 5.32 Å². The van der Waals surface area contributed by atoms with E-state index in [1.165, 1.54) is 0 Å². The number of rotatable bonds is 6. The lowest BCUT2D eigenvalue weighted by molar-refractivity contribution is 0.144. The number of hydrogen-bond acceptors (Lipinski definition) is 3. The van der Waals surface area contributed by atoms with E-state index in [9.17, 15) is 4.79 Å². The standard InChI is InChI=1S/C23H23N3O2/c27-23(28-18-21-14-8-3-9-15-21)26-22(24-16-19-10-4-1-5-11-19)25-17-20-12-6-2-7-13-20/h1-15H,16-18H2,(H2,24,25,26,27). The van der Waals surface area contributed by atoms with Gasteiger partial charge in [-0.25, -0.2) is 9.79 Å². The summed E-state index contributed by atoms with van der Waals surface area (Å²) in [5.74, 6) is 0.380. The van der Waals surface area contributed by atoms with Crippen LogP contribution in [0.1, 0.15) is 16.7 Å². The fourth-order valence-electron chi connectivity index (χ4n) is 2.53. The molecule has 0 aliphatic carbocycles. The Kier molecular flexibility index (Phi) is 7.21. The molecule has 5 nitrogen and oxygen atoms in total. The summed E-state index contributed by atoms with van der Waals surface area (Å²) in [5.41, 5.74) is 3.08. The van der Waals surface area contributed by atoms with Gasteiger partial charge in [-0.2, -0.15) is 0 Å². The number of carbonyl (C=O) groups is 1. The van der Waals surface area contributed by atoms with Crippen LogP contribution < -0.4 is 10.6 Å². The van der Waals surface area contributed by atoms with Crippen molar-refractivity contribution in [2.75, 3.05) is 0 Å². The molecule has 142 valence electrons. The van der Waals surface area contributed by atoms with Gasteiger partial charge < -0.3 is 10.1 Å². The highest BCUT2D eigenvalue weighted by molar-refractivity contribution is 5.93. The molecule has 0 fully saturated rings. The van der Waals surface area contributed by atoms with Gasteiger partial charge in [0.25, 0.3) is 0 Å². The maximum atomic E-state index is 12.2. The van der Waals surface area contributed by atoms with Gasteiger partial charge in [-0.1, -0.05) is 91.0 Å². The molecule has 0 aliphatic rings. The van der Waals surface area contributed by atoms with Crippen LogP contribution in [0.25, 0.3) is 0 Å². The number of benzene rings is 3. The Morgan fingerprint density at radius 3 is 1.89 bits per heavy atom. The zero-order chi connectivity index (χ0) is 19.4. The monoisotopic (exact) mass is 373 g/mol. The van der Waals surface area contributed by atoms with E-state index in [-0.39, 0.29) is 6.61 Å². The zero-order valence-corrected chi connectivity index (χ0v) is 15.5. The maximum Gasteiger partial charge on any atom is 0.414 e. The number of amides is 1. The molecule has 0 aromatic heterocycles. The van der Waals surface area contributed by atoms with Gasteiger partial charge in [0.05, 0.1) is 6.54 Å². The van der Waals surface area contributed by atoms with Crippen molar-refractivity contribution in [3.05, 3.63) is 108 Å². The summed E-state index contributed by atoms with van der Waals surface area (Å²) < 4.78 is 5.29. The summed E-state index contributed by atoms with van der Waals surface area (Å²) in [4.78, 5) is 16.7. The number of ether oxygens (including phenoxy) is 1. The summed E-state index contributed by atoms with van der Waals surface area (Å²) in [6.45, 7) is 1.21. The number of aliphatic imine (C=N–C) groups is 1. The van der Waals surface area contributed by atoms with Crippen LogP contribution >= 0.6 is 0 Å². The zero-order valence-electron chi connectivity index (χ0n) is 15.5. The van der Waals surface area contributed by atoms with Gasteiger partial charge in [0.1, 0.15) is 6.61 Å². The van der Waals surface area contributed by atoms with E-state index in [1.807, 2.05) is 91.0 Å². The molecule has 5 heteroatoms. The summed E-state index contributed by atoms with van der Waals surface area (Å²) in [5, 5.41) is 5.88. The van der Waals surface area contributed by atoms with Crippen molar-refractivity contribution in [1.29, 1.82) is 0 Å². The lowest BCUT2D eigenvalue weighted by Gasteiger charge is -2.12. The summed E-state index contributed by atoms with van der Waals surface area (Å²) in [6, 6.07) is 29.3. The maximum absolute atomic E-state index is 12.2. The molecule has 3 rings (SSSR count). The van der Waals surface area contributed by atoms with Gasteiger partial charge >= 0.3 is 6.09 Å². The molecular weight excluding hydrogens is 350 g/mol. The quantitative estimate of drug-likeness (QED) is 0.501. The van der Waals surface area contributed by atoms with Crippen LogP contribution in [-0.4, -0.2) is 12.1 Å². The van der Waals surface area contributed by atoms with Crippen LogP contribution in [0.3, 0.4) is 0 Å². The van der Waals surface area contributed by atoms with E-state index in [2.05, 4.69) is 15.6 Å². The Morgan fingerprint density at radius 1 is 0.750 bits per heavy atom. The van der Waals surface area contributed by atoms with Crippen molar-refractivity contribution < 1.29 is 9.53 Å². The molecule has 0 saturated carbocycles. The summed E-state index contributed by atoms with van der Waals surface area (Å²) in [7, 11) is 0. The molecule has 0 atom stereocenters. The topological polar surface area (TPSA) is 62.7 Å². The smallest absolute Gasteiger partial charge is 0.414 e. The second kappa shape index (κ2) is 10.5. The van der Waals surface area contributed by atoms with Crippen LogP contribution in [0.15, 0.2) is 96.0 Å². The van der Waals surface area contributed by atoms with Crippen molar-refractivity contribution in [2.45, 2.75) is 19.7 Å². The molecule has 0 unspecified atom stereocenters. The van der Waals surface area contributed by atoms with Crippen LogP contribution in [0.4, 0.5) is 4.79 Å². The minimum Gasteiger partial charge on any atom is -0.444 e. The summed E-state index contributed by atoms with van der Waals surface area (Å²) >= 11 is 0. The van der Waals surface area contributed by atoms with Crippen molar-refractivity contribution in [1.82, 2.24) is 10.6 Å². The normalized spacial score (nSPS) is 10.9. The number of carbonyl (C=O) groups excluding carboxylic acids is 1. The third-order valence-corrected chi connectivity index (χ3v) is 4.00. The van der Waals surface area contributed by atoms with Crippen LogP contribution in [0.5, 0.6) is 0 Å². The molecule has 0 aliphatic heterocycles. The van der Waals surface area contributed by atoms with Gasteiger partial charge in [-0.15, -0.1) is 0 Å². The van der Waals surface area contributed by atoms with E-state index >= 15 is 0 Å². The van der Waals surface area contributed by atoms with Gasteiger partial charge in [0.15, 0.2) is 0 Å². The first-order valence-electron chi connectivity index (χ1n) is 9.13. The Labute approximate surface area is 165 Å². The predicted molar refractivity (Wildman–Crippen MR) is 111 cm³/mol. The molecule has 0 spiro atoms. The molecule has 28 heavy (non-hydrogen) atoms. The molecule has 0 bridgehead atoms. The van der Waals surface area contributed by atoms with Crippen molar-refractivity contribution in [3.63, 3.8) is 0 Å². The van der Waals surface area contributed by atoms with Crippen LogP contribution in [0, 0.1) is 0 Å². The SMILES string of the molecule is O=C(NC(=NCc1ccccc1)NCc1ccccc1)OCc1ccccc1. The Morgan fingerprint density at radius 2 is 1.29 bits per heavy atom. The molecule has 3 aromatic carbocycles. The van der Waals surface area contributed by atoms with Crippen molar-refractivity contribution in [2.24, 2.45) is 4.99 Å². The second-order valence-corrected chi connectivity index (χ2v) is 6.18. The average molecular weight is 373 g/mol. The average Bonchev–Trinajstić information content (AvgIpc) is 2.76. The lowest BCUT2D eigenvalue weighted by atomic mass is 10.2. The second-order valence-electron chi connectivity index (χ2n) is 6.18. The number of nitrogens with one attached hydrogen (secondary N) is 2. The molecule has 3 aromatic rings. The molecular formula is C23H23N3O2. The Hall–Kier alpha value is -3.60. The van der Waals surface area contributed by atoms with Gasteiger partial charge in [0.2, 0.25) is 5.96 Å². The molecule has 1 amide bonds. The first-order chi connectivity index (χ1) is 13.8. The molecule has 0 saturated heterocycles. The van der Waals surface area contributed by atoms with Crippen LogP contribution in [0.2, 0.25) is 0 Å². The van der Waals surface area contributed by atoms with Crippen LogP contribution in [-0.2, 0) is 24.4 Å². The minimum atomic E-state index is -0.545. The highest BCUT2D eigenvalue weighted by atomic mass is 16.5. The van der Waals surface area contributed by atoms with E-state index < -0.39 is 6.09 Å². The Bertz CT molecular complexity index is 881. The number of nitrogens with zero attached hydrogens (tertiary/aromatic N) is 1. The third kappa shape index (κ3) is 6.61. The van der Waals surface area contributed by atoms with Gasteiger partial charge in [-0.05, 0) is 16.7 Å². The fraction of sp³-hybridized carbons (Fsp3) is 0.130. The fourth-order valence-corrected chi connectivity index (χ4v) is 2.53. The van der Waals surface area contributed by atoms with Gasteiger partial charge in [0, 0.05) is 6.54 Å². The molecule has 2 N–H and O–H groups in total. The van der Waals surface area contributed by atoms with Crippen molar-refractivity contribution >= 4 is 12.1 Å². The largest absolute Gasteiger partial charge is 0.444 e. The van der Waals surface area contributed by atoms with E-state index in [1.54, 1.807) is 0 Å². The van der Waals surface area contributed by atoms with E-state index in [0.717, 1.165) is 16.7 Å². The first kappa shape index (κ1) is 19.2. The minimum absolute atomic E-state index is 0.206.